The minimum Gasteiger partial charge on any atom is -0.507 e. The molecule has 10 rings (SSSR count). The molecule has 12 atom stereocenters. The fourth-order valence-electron chi connectivity index (χ4n) is 12.4. The number of hydrogen-bond acceptors (Lipinski definition) is 26. The number of nitrogens with two attached hydrogens (primary N) is 2. The minimum atomic E-state index is -2.38. The molecule has 0 aromatic heterocycles. The van der Waals surface area contributed by atoms with E-state index in [1.165, 1.54) is 64.5 Å². The molecule has 88 heavy (non-hydrogen) atoms. The van der Waals surface area contributed by atoms with Crippen LogP contribution in [0, 0.1) is 0 Å². The van der Waals surface area contributed by atoms with Crippen molar-refractivity contribution in [3.8, 4) is 34.5 Å². The van der Waals surface area contributed by atoms with Gasteiger partial charge < -0.3 is 91.0 Å². The monoisotopic (exact) mass is 1270 g/mol. The van der Waals surface area contributed by atoms with Gasteiger partial charge in [-0.15, -0.1) is 24.8 Å². The summed E-state index contributed by atoms with van der Waals surface area (Å²) in [4.78, 5) is 83.3. The predicted molar refractivity (Wildman–Crippen MR) is 308 cm³/mol. The van der Waals surface area contributed by atoms with Crippen LogP contribution in [-0.4, -0.2) is 185 Å². The number of halogens is 2. The maximum Gasteiger partial charge on any atom is 0.240 e. The van der Waals surface area contributed by atoms with Crippen LogP contribution in [0.2, 0.25) is 0 Å². The molecular weight excluding hydrogens is 1200 g/mol. The number of hydrogen-bond donors (Lipinski definition) is 14. The summed E-state index contributed by atoms with van der Waals surface area (Å²) in [5.41, 5.74) is 6.76. The maximum atomic E-state index is 14.2. The zero-order valence-electron chi connectivity index (χ0n) is 47.5. The van der Waals surface area contributed by atoms with E-state index in [1.54, 1.807) is 0 Å². The summed E-state index contributed by atoms with van der Waals surface area (Å²) in [5, 5.41) is 123. The average Bonchev–Trinajstić information content (AvgIpc) is 0.786. The second-order valence-corrected chi connectivity index (χ2v) is 22.2. The summed E-state index contributed by atoms with van der Waals surface area (Å²) in [7, 11) is 2.55. The number of nitrogens with one attached hydrogen (secondary N) is 2. The number of methoxy groups -OCH3 is 2. The largest absolute Gasteiger partial charge is 0.507 e. The Morgan fingerprint density at radius 1 is 0.591 bits per heavy atom. The summed E-state index contributed by atoms with van der Waals surface area (Å²) in [6, 6.07) is 6.67. The molecule has 30 heteroatoms. The second kappa shape index (κ2) is 25.7. The van der Waals surface area contributed by atoms with Crippen molar-refractivity contribution in [2.24, 2.45) is 21.7 Å². The molecule has 28 nitrogen and oxygen atoms in total. The molecule has 2 saturated heterocycles. The zero-order chi connectivity index (χ0) is 62.2. The van der Waals surface area contributed by atoms with Crippen LogP contribution in [0.25, 0.3) is 0 Å². The first kappa shape index (κ1) is 66.7. The predicted octanol–water partition coefficient (Wildman–Crippen LogP) is 0.446. The quantitative estimate of drug-likeness (QED) is 0.0377. The van der Waals surface area contributed by atoms with E-state index >= 15 is 0 Å². The number of hydrazone groups is 2. The molecule has 0 bridgehead atoms. The second-order valence-electron chi connectivity index (χ2n) is 22.2. The van der Waals surface area contributed by atoms with Crippen molar-refractivity contribution in [1.82, 2.24) is 10.9 Å². The van der Waals surface area contributed by atoms with Crippen LogP contribution in [0.1, 0.15) is 151 Å². The van der Waals surface area contributed by atoms with Crippen LogP contribution in [0.5, 0.6) is 34.5 Å². The highest BCUT2D eigenvalue weighted by Crippen LogP contribution is 2.55. The Balaban J connectivity index is 0.00000501. The van der Waals surface area contributed by atoms with E-state index in [0.717, 1.165) is 0 Å². The van der Waals surface area contributed by atoms with Gasteiger partial charge in [-0.3, -0.25) is 28.8 Å². The number of benzene rings is 4. The van der Waals surface area contributed by atoms with Gasteiger partial charge in [0.15, 0.2) is 24.1 Å². The van der Waals surface area contributed by atoms with Gasteiger partial charge in [-0.2, -0.15) is 10.2 Å². The van der Waals surface area contributed by atoms with Gasteiger partial charge in [0.1, 0.15) is 45.7 Å². The number of aliphatic hydroxyl groups is 6. The third-order valence-electron chi connectivity index (χ3n) is 16.9. The highest BCUT2D eigenvalue weighted by atomic mass is 35.5. The number of ether oxygens (including phenoxy) is 6. The molecular formula is C58H66Cl2N6O22. The van der Waals surface area contributed by atoms with E-state index in [1.807, 2.05) is 0 Å². The fraction of sp³-hybridized carbons (Fsp3) is 0.448. The molecule has 12 unspecified atom stereocenters. The topological polar surface area (TPSA) is 461 Å². The van der Waals surface area contributed by atoms with Gasteiger partial charge >= 0.3 is 0 Å². The lowest BCUT2D eigenvalue weighted by molar-refractivity contribution is -0.246. The number of nitrogens with zero attached hydrogens (tertiary/aromatic N) is 2. The summed E-state index contributed by atoms with van der Waals surface area (Å²) >= 11 is 0. The Labute approximate surface area is 512 Å². The fourth-order valence-corrected chi connectivity index (χ4v) is 12.4. The van der Waals surface area contributed by atoms with Crippen LogP contribution in [0.3, 0.4) is 0 Å². The van der Waals surface area contributed by atoms with Crippen molar-refractivity contribution in [1.29, 1.82) is 0 Å². The number of aromatic hydroxyl groups is 4. The lowest BCUT2D eigenvalue weighted by Crippen LogP contribution is -2.53. The molecule has 2 aliphatic heterocycles. The summed E-state index contributed by atoms with van der Waals surface area (Å²) in [5.74, 6) is -8.63. The van der Waals surface area contributed by atoms with Gasteiger partial charge in [0.2, 0.25) is 23.4 Å². The minimum absolute atomic E-state index is 0. The highest BCUT2D eigenvalue weighted by molar-refractivity contribution is 6.32. The number of phenols is 4. The Kier molecular flexibility index (Phi) is 19.5. The van der Waals surface area contributed by atoms with Crippen molar-refractivity contribution in [3.05, 3.63) is 103 Å². The van der Waals surface area contributed by atoms with Crippen LogP contribution < -0.4 is 31.8 Å². The van der Waals surface area contributed by atoms with Crippen molar-refractivity contribution < 1.29 is 108 Å². The van der Waals surface area contributed by atoms with Crippen molar-refractivity contribution in [2.75, 3.05) is 27.4 Å². The van der Waals surface area contributed by atoms with Gasteiger partial charge in [0, 0.05) is 96.8 Å². The Morgan fingerprint density at radius 2 is 0.943 bits per heavy atom. The molecule has 2 heterocycles. The number of fused-ring (bicyclic) bond motifs is 6. The van der Waals surface area contributed by atoms with E-state index in [0.29, 0.717) is 0 Å². The lowest BCUT2D eigenvalue weighted by Gasteiger charge is -2.43. The van der Waals surface area contributed by atoms with Gasteiger partial charge in [0.05, 0.1) is 109 Å². The smallest absolute Gasteiger partial charge is 0.240 e. The first-order valence-electron chi connectivity index (χ1n) is 27.4. The molecule has 474 valence electrons. The maximum absolute atomic E-state index is 14.2. The Bertz CT molecular complexity index is 3330. The van der Waals surface area contributed by atoms with Crippen molar-refractivity contribution in [2.45, 2.75) is 138 Å². The number of carbonyl (C=O) groups is 6. The van der Waals surface area contributed by atoms with Crippen LogP contribution in [0.4, 0.5) is 0 Å². The standard InChI is InChI=1S/C58H64N6O22.2ClH/c1-21-47(69)27(59)13-37(83-21)85-31-17-57(79,15-25-41(31)55(77)45-43(51(25)73)49(71)23-7-5-9-29(81-3)39(23)53(45)75)33(19-65)61-63-35(67)11-12-36(68)64-62-34(20-66)58(80)16-26-42(32(18-58)86-38-14-28(60)48(70)22(2)84-38)56(78)46-44(52(26)74)50(72)24-8-6-10-30(82-4)40(24)54(46)76;;/h5-10,21-22,27-28,31-32,37-38,47-48,65-66,69-70,73-74,77-80H,11-20,59-60H2,1-4H3,(H,63,67)(H,64,68);2*1H. The number of aliphatic hydroxyl groups excluding tert-OH is 4. The van der Waals surface area contributed by atoms with E-state index in [2.05, 4.69) is 21.1 Å². The molecule has 4 aliphatic carbocycles. The number of rotatable bonds is 15. The molecule has 4 aromatic rings. The Morgan fingerprint density at radius 3 is 1.27 bits per heavy atom. The van der Waals surface area contributed by atoms with E-state index in [9.17, 15) is 79.8 Å². The van der Waals surface area contributed by atoms with Gasteiger partial charge in [0.25, 0.3) is 0 Å². The molecule has 6 aliphatic rings. The number of ketones is 4. The van der Waals surface area contributed by atoms with Crippen LogP contribution in [0.15, 0.2) is 46.6 Å². The third-order valence-corrected chi connectivity index (χ3v) is 16.9. The molecule has 0 radical (unpaired) electrons. The zero-order valence-corrected chi connectivity index (χ0v) is 49.2. The molecule has 16 N–H and O–H groups in total. The molecule has 2 fully saturated rings. The molecule has 4 aromatic carbocycles. The number of amides is 2. The average molecular weight is 1270 g/mol. The van der Waals surface area contributed by atoms with Crippen molar-refractivity contribution >= 4 is 71.2 Å². The van der Waals surface area contributed by atoms with Crippen molar-refractivity contribution in [3.63, 3.8) is 0 Å². The normalized spacial score (nSPS) is 28.1. The Hall–Kier alpha value is -7.26. The molecule has 0 spiro atoms. The van der Waals surface area contributed by atoms with E-state index < -0.39 is 216 Å². The molecule has 2 amide bonds. The summed E-state index contributed by atoms with van der Waals surface area (Å²) < 4.78 is 35.0. The van der Waals surface area contributed by atoms with Gasteiger partial charge in [-0.05, 0) is 26.0 Å². The van der Waals surface area contributed by atoms with Gasteiger partial charge in [-0.25, -0.2) is 10.9 Å². The number of phenolic OH excluding ortho intramolecular Hbond substituents is 4. The first-order valence-corrected chi connectivity index (χ1v) is 27.4. The van der Waals surface area contributed by atoms with Crippen LogP contribution >= 0.6 is 24.8 Å². The summed E-state index contributed by atoms with van der Waals surface area (Å²) in [6.07, 6.45) is -13.6. The van der Waals surface area contributed by atoms with E-state index in [4.69, 9.17) is 39.9 Å². The lowest BCUT2D eigenvalue weighted by atomic mass is 9.71. The molecule has 0 saturated carbocycles. The van der Waals surface area contributed by atoms with Gasteiger partial charge in [-0.1, -0.05) is 24.3 Å². The van der Waals surface area contributed by atoms with Crippen LogP contribution in [-0.2, 0) is 41.4 Å². The summed E-state index contributed by atoms with van der Waals surface area (Å²) in [6.45, 7) is 0.925. The highest BCUT2D eigenvalue weighted by Gasteiger charge is 2.52. The third kappa shape index (κ3) is 11.5. The van der Waals surface area contributed by atoms with E-state index in [-0.39, 0.29) is 93.7 Å². The SMILES string of the molecule is COc1cccc2c1C(=O)c1c(O)c3c(c(O)c1C2=O)CC(O)(C(CO)=NNC(=O)CCC(=O)NN=C(CO)C1(O)Cc2c(O)c4c(c(O)c2C(OC2CC(N)C(O)C(C)O2)C1)C(=O)c1c(OC)cccc1C4=O)CC3OC1CC(N)C(O)C(C)O1.Cl.Cl. The number of carbonyl (C=O) groups excluding carboxylic acids is 6. The first-order chi connectivity index (χ1) is 40.8.